The number of rotatable bonds is 6. The van der Waals surface area contributed by atoms with Gasteiger partial charge in [0, 0.05) is 6.42 Å². The SMILES string of the molecule is CCOc1ccc2nc(C(CC(=O)S)C(=O)O)sc2c1. The van der Waals surface area contributed by atoms with E-state index in [1.807, 2.05) is 13.0 Å². The van der Waals surface area contributed by atoms with E-state index in [4.69, 9.17) is 4.74 Å². The van der Waals surface area contributed by atoms with Crippen molar-refractivity contribution >= 4 is 45.3 Å². The van der Waals surface area contributed by atoms with Gasteiger partial charge < -0.3 is 9.84 Å². The van der Waals surface area contributed by atoms with Crippen molar-refractivity contribution in [3.63, 3.8) is 0 Å². The van der Waals surface area contributed by atoms with Crippen LogP contribution in [-0.4, -0.2) is 27.8 Å². The number of carbonyl (C=O) groups is 2. The number of aromatic nitrogens is 1. The van der Waals surface area contributed by atoms with Gasteiger partial charge in [0.15, 0.2) is 5.12 Å². The first-order valence-corrected chi connectivity index (χ1v) is 7.25. The first-order chi connectivity index (χ1) is 9.51. The number of benzene rings is 1. The Morgan fingerprint density at radius 1 is 1.50 bits per heavy atom. The number of aliphatic carboxylic acids is 1. The number of thiazole rings is 1. The molecule has 1 atom stereocenters. The summed E-state index contributed by atoms with van der Waals surface area (Å²) in [5, 5.41) is 9.14. The number of fused-ring (bicyclic) bond motifs is 1. The van der Waals surface area contributed by atoms with E-state index in [1.165, 1.54) is 11.3 Å². The lowest BCUT2D eigenvalue weighted by molar-refractivity contribution is -0.139. The smallest absolute Gasteiger partial charge is 0.313 e. The normalized spacial score (nSPS) is 12.3. The summed E-state index contributed by atoms with van der Waals surface area (Å²) in [6, 6.07) is 5.39. The van der Waals surface area contributed by atoms with E-state index >= 15 is 0 Å². The molecule has 0 aliphatic heterocycles. The number of ether oxygens (including phenoxy) is 1. The molecular formula is C13H13NO4S2. The number of thiol groups is 1. The average molecular weight is 311 g/mol. The van der Waals surface area contributed by atoms with E-state index in [9.17, 15) is 14.7 Å². The molecule has 1 aromatic carbocycles. The maximum atomic E-state index is 11.2. The second kappa shape index (κ2) is 6.23. The molecule has 1 aromatic heterocycles. The Labute approximate surface area is 125 Å². The molecule has 0 saturated carbocycles. The molecule has 7 heteroatoms. The highest BCUT2D eigenvalue weighted by atomic mass is 32.1. The van der Waals surface area contributed by atoms with Gasteiger partial charge in [0.05, 0.1) is 16.8 Å². The zero-order valence-electron chi connectivity index (χ0n) is 10.7. The molecule has 20 heavy (non-hydrogen) atoms. The third kappa shape index (κ3) is 3.29. The minimum atomic E-state index is -1.07. The zero-order chi connectivity index (χ0) is 14.7. The zero-order valence-corrected chi connectivity index (χ0v) is 12.4. The first kappa shape index (κ1) is 14.8. The van der Waals surface area contributed by atoms with Gasteiger partial charge in [-0.3, -0.25) is 9.59 Å². The van der Waals surface area contributed by atoms with Gasteiger partial charge in [0.1, 0.15) is 16.7 Å². The molecule has 5 nitrogen and oxygen atoms in total. The Kier molecular flexibility index (Phi) is 4.61. The summed E-state index contributed by atoms with van der Waals surface area (Å²) in [7, 11) is 0. The summed E-state index contributed by atoms with van der Waals surface area (Å²) < 4.78 is 6.23. The molecule has 0 fully saturated rings. The summed E-state index contributed by atoms with van der Waals surface area (Å²) in [4.78, 5) is 26.6. The van der Waals surface area contributed by atoms with E-state index in [0.29, 0.717) is 22.9 Å². The van der Waals surface area contributed by atoms with Crippen LogP contribution in [0.15, 0.2) is 18.2 Å². The first-order valence-electron chi connectivity index (χ1n) is 5.99. The second-order valence-corrected chi connectivity index (χ2v) is 5.66. The van der Waals surface area contributed by atoms with E-state index in [-0.39, 0.29) is 6.42 Å². The Hall–Kier alpha value is -1.60. The van der Waals surface area contributed by atoms with Crippen LogP contribution in [0.25, 0.3) is 10.2 Å². The van der Waals surface area contributed by atoms with Gasteiger partial charge in [0.2, 0.25) is 0 Å². The van der Waals surface area contributed by atoms with Gasteiger partial charge in [-0.05, 0) is 25.1 Å². The van der Waals surface area contributed by atoms with Gasteiger partial charge in [-0.15, -0.1) is 24.0 Å². The predicted octanol–water partition coefficient (Wildman–Crippen LogP) is 2.71. The van der Waals surface area contributed by atoms with Gasteiger partial charge in [-0.25, -0.2) is 4.98 Å². The minimum Gasteiger partial charge on any atom is -0.494 e. The Morgan fingerprint density at radius 3 is 2.85 bits per heavy atom. The highest BCUT2D eigenvalue weighted by molar-refractivity contribution is 7.96. The maximum Gasteiger partial charge on any atom is 0.313 e. The Bertz CT molecular complexity index is 653. The second-order valence-electron chi connectivity index (χ2n) is 4.10. The summed E-state index contributed by atoms with van der Waals surface area (Å²) in [6.07, 6.45) is -0.170. The molecule has 1 heterocycles. The van der Waals surface area contributed by atoms with Crippen LogP contribution in [-0.2, 0) is 9.59 Å². The third-order valence-corrected chi connectivity index (χ3v) is 3.98. The van der Waals surface area contributed by atoms with Gasteiger partial charge >= 0.3 is 5.97 Å². The van der Waals surface area contributed by atoms with Crippen LogP contribution >= 0.6 is 24.0 Å². The molecule has 0 aliphatic rings. The summed E-state index contributed by atoms with van der Waals surface area (Å²) in [5.41, 5.74) is 0.700. The van der Waals surface area contributed by atoms with Crippen molar-refractivity contribution in [2.75, 3.05) is 6.61 Å². The molecule has 2 aromatic rings. The molecule has 2 rings (SSSR count). The fourth-order valence-corrected chi connectivity index (χ4v) is 3.05. The minimum absolute atomic E-state index is 0.170. The van der Waals surface area contributed by atoms with Crippen molar-refractivity contribution in [1.82, 2.24) is 4.98 Å². The van der Waals surface area contributed by atoms with E-state index < -0.39 is 17.0 Å². The summed E-state index contributed by atoms with van der Waals surface area (Å²) >= 11 is 4.90. The molecule has 0 bridgehead atoms. The van der Waals surface area contributed by atoms with Crippen LogP contribution in [0.2, 0.25) is 0 Å². The van der Waals surface area contributed by atoms with Crippen molar-refractivity contribution in [2.45, 2.75) is 19.3 Å². The molecule has 0 saturated heterocycles. The van der Waals surface area contributed by atoms with Crippen LogP contribution in [0.5, 0.6) is 5.75 Å². The van der Waals surface area contributed by atoms with Crippen molar-refractivity contribution < 1.29 is 19.4 Å². The third-order valence-electron chi connectivity index (χ3n) is 2.66. The average Bonchev–Trinajstić information content (AvgIpc) is 2.78. The van der Waals surface area contributed by atoms with Crippen LogP contribution in [0.1, 0.15) is 24.3 Å². The molecule has 106 valence electrons. The quantitative estimate of drug-likeness (QED) is 0.802. The van der Waals surface area contributed by atoms with Gasteiger partial charge in [0.25, 0.3) is 0 Å². The molecular weight excluding hydrogens is 298 g/mol. The fourth-order valence-electron chi connectivity index (χ4n) is 1.78. The lowest BCUT2D eigenvalue weighted by atomic mass is 10.1. The van der Waals surface area contributed by atoms with Crippen molar-refractivity contribution in [1.29, 1.82) is 0 Å². The van der Waals surface area contributed by atoms with E-state index in [2.05, 4.69) is 17.6 Å². The standard InChI is InChI=1S/C13H13NO4S2/c1-2-18-7-3-4-9-10(5-7)20-12(14-9)8(13(16)17)6-11(15)19/h3-5,8H,2,6H2,1H3,(H,15,19)(H,16,17). The molecule has 0 spiro atoms. The highest BCUT2D eigenvalue weighted by Gasteiger charge is 2.25. The summed E-state index contributed by atoms with van der Waals surface area (Å²) in [6.45, 7) is 2.45. The molecule has 1 N–H and O–H groups in total. The lowest BCUT2D eigenvalue weighted by Crippen LogP contribution is -2.13. The lowest BCUT2D eigenvalue weighted by Gasteiger charge is -2.05. The summed E-state index contributed by atoms with van der Waals surface area (Å²) in [5.74, 6) is -1.31. The van der Waals surface area contributed by atoms with Crippen LogP contribution in [0.3, 0.4) is 0 Å². The van der Waals surface area contributed by atoms with Crippen molar-refractivity contribution in [2.24, 2.45) is 0 Å². The number of hydrogen-bond donors (Lipinski definition) is 2. The monoisotopic (exact) mass is 311 g/mol. The van der Waals surface area contributed by atoms with Crippen LogP contribution < -0.4 is 4.74 Å². The molecule has 0 amide bonds. The van der Waals surface area contributed by atoms with Crippen LogP contribution in [0.4, 0.5) is 0 Å². The molecule has 1 unspecified atom stereocenters. The number of hydrogen-bond acceptors (Lipinski definition) is 5. The van der Waals surface area contributed by atoms with Gasteiger partial charge in [-0.2, -0.15) is 0 Å². The van der Waals surface area contributed by atoms with Crippen molar-refractivity contribution in [3.05, 3.63) is 23.2 Å². The van der Waals surface area contributed by atoms with Crippen molar-refractivity contribution in [3.8, 4) is 5.75 Å². The Morgan fingerprint density at radius 2 is 2.25 bits per heavy atom. The predicted molar refractivity (Wildman–Crippen MR) is 79.8 cm³/mol. The van der Waals surface area contributed by atoms with E-state index in [1.54, 1.807) is 12.1 Å². The number of carbonyl (C=O) groups excluding carboxylic acids is 1. The van der Waals surface area contributed by atoms with Crippen LogP contribution in [0, 0.1) is 0 Å². The maximum absolute atomic E-state index is 11.2. The number of carboxylic acids is 1. The molecule has 0 radical (unpaired) electrons. The largest absolute Gasteiger partial charge is 0.494 e. The number of nitrogens with zero attached hydrogens (tertiary/aromatic N) is 1. The molecule has 0 aliphatic carbocycles. The topological polar surface area (TPSA) is 76.5 Å². The van der Waals surface area contributed by atoms with E-state index in [0.717, 1.165) is 4.70 Å². The van der Waals surface area contributed by atoms with Gasteiger partial charge in [-0.1, -0.05) is 0 Å². The Balaban J connectivity index is 2.38. The number of carboxylic acid groups (broad SMARTS) is 1. The fraction of sp³-hybridized carbons (Fsp3) is 0.308. The highest BCUT2D eigenvalue weighted by Crippen LogP contribution is 2.32.